The van der Waals surface area contributed by atoms with Gasteiger partial charge in [-0.2, -0.15) is 5.10 Å². The first-order valence-electron chi connectivity index (χ1n) is 7.84. The van der Waals surface area contributed by atoms with E-state index in [0.29, 0.717) is 29.0 Å². The maximum absolute atomic E-state index is 11.4. The van der Waals surface area contributed by atoms with Crippen molar-refractivity contribution in [2.24, 2.45) is 0 Å². The number of amides is 1. The summed E-state index contributed by atoms with van der Waals surface area (Å²) in [6, 6.07) is 1.42. The van der Waals surface area contributed by atoms with E-state index in [1.54, 1.807) is 12.4 Å². The van der Waals surface area contributed by atoms with Gasteiger partial charge < -0.3 is 10.4 Å². The number of hydrogen-bond acceptors (Lipinski definition) is 7. The molecular formula is C16H15N7O2S. The highest BCUT2D eigenvalue weighted by Crippen LogP contribution is 2.34. The van der Waals surface area contributed by atoms with Crippen molar-refractivity contribution >= 4 is 28.5 Å². The average Bonchev–Trinajstić information content (AvgIpc) is 3.34. The van der Waals surface area contributed by atoms with E-state index in [1.165, 1.54) is 16.2 Å². The number of H-pyrrole nitrogens is 1. The quantitative estimate of drug-likeness (QED) is 0.605. The second-order valence-electron chi connectivity index (χ2n) is 5.69. The standard InChI is InChI=1S/C16H15N7O2S/c1-9-4-5-17-14(19-9)21-15-20-11(8-26-15)10-7-18-22-13(10)12-3-2-6-23(12)16(24)25/h2-5,7-8,12H,6H2,1H3,(H,18,22)(H,24,25)(H,17,19,20,21). The lowest BCUT2D eigenvalue weighted by molar-refractivity contribution is 0.143. The molecule has 10 heteroatoms. The summed E-state index contributed by atoms with van der Waals surface area (Å²) in [4.78, 5) is 25.8. The normalized spacial score (nSPS) is 16.2. The van der Waals surface area contributed by atoms with Crippen LogP contribution < -0.4 is 5.32 Å². The van der Waals surface area contributed by atoms with Gasteiger partial charge in [0.15, 0.2) is 5.13 Å². The zero-order valence-corrected chi connectivity index (χ0v) is 14.6. The molecular weight excluding hydrogens is 354 g/mol. The number of thiazole rings is 1. The van der Waals surface area contributed by atoms with Gasteiger partial charge >= 0.3 is 6.09 Å². The number of carbonyl (C=O) groups is 1. The fraction of sp³-hybridized carbons (Fsp3) is 0.188. The largest absolute Gasteiger partial charge is 0.465 e. The van der Waals surface area contributed by atoms with Gasteiger partial charge in [0.05, 0.1) is 23.6 Å². The summed E-state index contributed by atoms with van der Waals surface area (Å²) in [6.45, 7) is 2.24. The van der Waals surface area contributed by atoms with Crippen molar-refractivity contribution in [3.63, 3.8) is 0 Å². The highest BCUT2D eigenvalue weighted by Gasteiger charge is 2.29. The summed E-state index contributed by atoms with van der Waals surface area (Å²) in [7, 11) is 0. The summed E-state index contributed by atoms with van der Waals surface area (Å²) in [5, 5.41) is 22.0. The molecule has 0 bridgehead atoms. The molecule has 4 heterocycles. The number of anilines is 2. The van der Waals surface area contributed by atoms with Gasteiger partial charge in [0.1, 0.15) is 0 Å². The van der Waals surface area contributed by atoms with E-state index >= 15 is 0 Å². The van der Waals surface area contributed by atoms with Gasteiger partial charge in [-0.05, 0) is 13.0 Å². The molecule has 0 aromatic carbocycles. The van der Waals surface area contributed by atoms with Crippen LogP contribution in [0.25, 0.3) is 11.3 Å². The van der Waals surface area contributed by atoms with Crippen molar-refractivity contribution in [2.45, 2.75) is 13.0 Å². The maximum atomic E-state index is 11.4. The fourth-order valence-corrected chi connectivity index (χ4v) is 3.46. The van der Waals surface area contributed by atoms with E-state index in [0.717, 1.165) is 11.3 Å². The minimum Gasteiger partial charge on any atom is -0.465 e. The number of carboxylic acid groups (broad SMARTS) is 1. The van der Waals surface area contributed by atoms with E-state index < -0.39 is 12.1 Å². The number of nitrogens with zero attached hydrogens (tertiary/aromatic N) is 5. The van der Waals surface area contributed by atoms with Crippen LogP contribution in [0.3, 0.4) is 0 Å². The molecule has 9 nitrogen and oxygen atoms in total. The average molecular weight is 369 g/mol. The van der Waals surface area contributed by atoms with Crippen molar-refractivity contribution in [2.75, 3.05) is 11.9 Å². The third-order valence-electron chi connectivity index (χ3n) is 3.96. The number of aromatic nitrogens is 5. The van der Waals surface area contributed by atoms with Gasteiger partial charge in [-0.3, -0.25) is 10.00 Å². The molecule has 3 N–H and O–H groups in total. The van der Waals surface area contributed by atoms with Crippen LogP contribution >= 0.6 is 11.3 Å². The van der Waals surface area contributed by atoms with Crippen LogP contribution in [0.2, 0.25) is 0 Å². The van der Waals surface area contributed by atoms with Crippen LogP contribution in [0.1, 0.15) is 17.4 Å². The molecule has 0 aliphatic carbocycles. The molecule has 1 atom stereocenters. The smallest absolute Gasteiger partial charge is 0.408 e. The molecule has 1 amide bonds. The lowest BCUT2D eigenvalue weighted by atomic mass is 10.1. The Hall–Kier alpha value is -3.27. The molecule has 1 aliphatic heterocycles. The molecule has 4 rings (SSSR count). The van der Waals surface area contributed by atoms with Crippen LogP contribution in [0.15, 0.2) is 36.0 Å². The Morgan fingerprint density at radius 2 is 2.35 bits per heavy atom. The van der Waals surface area contributed by atoms with Crippen molar-refractivity contribution in [3.05, 3.63) is 47.4 Å². The van der Waals surface area contributed by atoms with Crippen LogP contribution in [-0.2, 0) is 0 Å². The highest BCUT2D eigenvalue weighted by molar-refractivity contribution is 7.14. The zero-order valence-electron chi connectivity index (χ0n) is 13.7. The first kappa shape index (κ1) is 16.2. The Labute approximate surface area is 152 Å². The maximum Gasteiger partial charge on any atom is 0.408 e. The van der Waals surface area contributed by atoms with Gasteiger partial charge in [0.2, 0.25) is 5.95 Å². The number of hydrogen-bond donors (Lipinski definition) is 3. The van der Waals surface area contributed by atoms with E-state index in [-0.39, 0.29) is 0 Å². The molecule has 0 saturated heterocycles. The van der Waals surface area contributed by atoms with Crippen LogP contribution in [0, 0.1) is 6.92 Å². The van der Waals surface area contributed by atoms with Crippen molar-refractivity contribution in [1.82, 2.24) is 30.0 Å². The van der Waals surface area contributed by atoms with Crippen molar-refractivity contribution in [1.29, 1.82) is 0 Å². The molecule has 1 aliphatic rings. The second-order valence-corrected chi connectivity index (χ2v) is 6.55. The molecule has 132 valence electrons. The van der Waals surface area contributed by atoms with Gasteiger partial charge in [0.25, 0.3) is 0 Å². The summed E-state index contributed by atoms with van der Waals surface area (Å²) in [5.74, 6) is 0.481. The summed E-state index contributed by atoms with van der Waals surface area (Å²) < 4.78 is 0. The molecule has 0 saturated carbocycles. The summed E-state index contributed by atoms with van der Waals surface area (Å²) >= 11 is 1.41. The van der Waals surface area contributed by atoms with Gasteiger partial charge in [0, 0.05) is 29.4 Å². The first-order chi connectivity index (χ1) is 12.6. The van der Waals surface area contributed by atoms with Crippen molar-refractivity contribution < 1.29 is 9.90 Å². The summed E-state index contributed by atoms with van der Waals surface area (Å²) in [5.41, 5.74) is 3.03. The Bertz CT molecular complexity index is 980. The molecule has 0 spiro atoms. The molecule has 26 heavy (non-hydrogen) atoms. The zero-order chi connectivity index (χ0) is 18.1. The molecule has 0 fully saturated rings. The van der Waals surface area contributed by atoms with E-state index in [4.69, 9.17) is 0 Å². The predicted molar refractivity (Wildman–Crippen MR) is 96.4 cm³/mol. The van der Waals surface area contributed by atoms with E-state index in [9.17, 15) is 9.90 Å². The van der Waals surface area contributed by atoms with Crippen LogP contribution in [0.5, 0.6) is 0 Å². The minimum atomic E-state index is -0.974. The SMILES string of the molecule is Cc1ccnc(Nc2nc(-c3cn[nH]c3C3C=CCN3C(=O)O)cs2)n1. The third-order valence-corrected chi connectivity index (χ3v) is 4.72. The summed E-state index contributed by atoms with van der Waals surface area (Å²) in [6.07, 6.45) is 6.03. The Morgan fingerprint density at radius 3 is 3.15 bits per heavy atom. The van der Waals surface area contributed by atoms with E-state index in [2.05, 4.69) is 30.5 Å². The van der Waals surface area contributed by atoms with Gasteiger partial charge in [-0.1, -0.05) is 12.2 Å². The number of rotatable bonds is 4. The van der Waals surface area contributed by atoms with Crippen molar-refractivity contribution in [3.8, 4) is 11.3 Å². The molecule has 3 aromatic rings. The lowest BCUT2D eigenvalue weighted by Crippen LogP contribution is -2.29. The Balaban J connectivity index is 1.60. The Kier molecular flexibility index (Phi) is 4.09. The van der Waals surface area contributed by atoms with Gasteiger partial charge in [-0.15, -0.1) is 11.3 Å². The second kappa shape index (κ2) is 6.56. The topological polar surface area (TPSA) is 120 Å². The number of aryl methyl sites for hydroxylation is 1. The lowest BCUT2D eigenvalue weighted by Gasteiger charge is -2.20. The minimum absolute atomic E-state index is 0.354. The molecule has 3 aromatic heterocycles. The number of nitrogens with one attached hydrogen (secondary N) is 2. The van der Waals surface area contributed by atoms with Gasteiger partial charge in [-0.25, -0.2) is 19.7 Å². The molecule has 1 unspecified atom stereocenters. The first-order valence-corrected chi connectivity index (χ1v) is 8.72. The monoisotopic (exact) mass is 369 g/mol. The highest BCUT2D eigenvalue weighted by atomic mass is 32.1. The van der Waals surface area contributed by atoms with E-state index in [1.807, 2.05) is 30.5 Å². The third kappa shape index (κ3) is 3.02. The van der Waals surface area contributed by atoms with Crippen LogP contribution in [0.4, 0.5) is 15.9 Å². The fourth-order valence-electron chi connectivity index (χ4n) is 2.76. The number of aromatic amines is 1. The predicted octanol–water partition coefficient (Wildman–Crippen LogP) is 2.97. The molecule has 0 radical (unpaired) electrons. The van der Waals surface area contributed by atoms with Crippen LogP contribution in [-0.4, -0.2) is 47.8 Å². The Morgan fingerprint density at radius 1 is 1.46 bits per heavy atom.